The summed E-state index contributed by atoms with van der Waals surface area (Å²) in [7, 11) is 0. The maximum absolute atomic E-state index is 10.9. The van der Waals surface area contributed by atoms with Crippen molar-refractivity contribution in [1.82, 2.24) is 4.98 Å². The summed E-state index contributed by atoms with van der Waals surface area (Å²) in [5.74, 6) is 0.579. The van der Waals surface area contributed by atoms with E-state index in [2.05, 4.69) is 35.3 Å². The van der Waals surface area contributed by atoms with Crippen molar-refractivity contribution in [2.45, 2.75) is 44.1 Å². The van der Waals surface area contributed by atoms with Crippen molar-refractivity contribution in [1.29, 1.82) is 0 Å². The molecule has 1 fully saturated rings. The van der Waals surface area contributed by atoms with E-state index in [0.717, 1.165) is 36.9 Å². The monoisotopic (exact) mass is 267 g/mol. The van der Waals surface area contributed by atoms with Gasteiger partial charge in [0.2, 0.25) is 0 Å². The van der Waals surface area contributed by atoms with Gasteiger partial charge in [-0.25, -0.2) is 0 Å². The van der Waals surface area contributed by atoms with Gasteiger partial charge in [-0.2, -0.15) is 0 Å². The number of pyridine rings is 1. The summed E-state index contributed by atoms with van der Waals surface area (Å²) in [4.78, 5) is 4.32. The number of benzene rings is 1. The first kappa shape index (κ1) is 13.3. The Hall–Kier alpha value is -1.67. The summed E-state index contributed by atoms with van der Waals surface area (Å²) in [6.07, 6.45) is 5.54. The lowest BCUT2D eigenvalue weighted by Gasteiger charge is -2.36. The fourth-order valence-corrected chi connectivity index (χ4v) is 3.19. The van der Waals surface area contributed by atoms with Crippen molar-refractivity contribution in [2.24, 2.45) is 0 Å². The lowest BCUT2D eigenvalue weighted by atomic mass is 9.73. The molecule has 1 N–H and O–H groups in total. The summed E-state index contributed by atoms with van der Waals surface area (Å²) in [6.45, 7) is 1.97. The van der Waals surface area contributed by atoms with E-state index in [-0.39, 0.29) is 0 Å². The van der Waals surface area contributed by atoms with Gasteiger partial charge in [0.15, 0.2) is 0 Å². The first-order valence-electron chi connectivity index (χ1n) is 7.38. The zero-order chi connectivity index (χ0) is 14.0. The zero-order valence-corrected chi connectivity index (χ0v) is 11.9. The third kappa shape index (κ3) is 2.61. The van der Waals surface area contributed by atoms with E-state index < -0.39 is 5.60 Å². The number of rotatable bonds is 2. The first-order valence-corrected chi connectivity index (χ1v) is 7.38. The zero-order valence-electron chi connectivity index (χ0n) is 11.9. The fraction of sp³-hybridized carbons (Fsp3) is 0.389. The van der Waals surface area contributed by atoms with Gasteiger partial charge in [0.05, 0.1) is 5.60 Å². The van der Waals surface area contributed by atoms with Crippen LogP contribution in [0.2, 0.25) is 0 Å². The van der Waals surface area contributed by atoms with Crippen LogP contribution in [0.25, 0.3) is 0 Å². The minimum absolute atomic E-state index is 0.579. The van der Waals surface area contributed by atoms with E-state index in [0.29, 0.717) is 5.92 Å². The Bertz CT molecular complexity index is 554. The summed E-state index contributed by atoms with van der Waals surface area (Å²) in [5.41, 5.74) is 2.67. The van der Waals surface area contributed by atoms with Gasteiger partial charge in [-0.05, 0) is 50.2 Å². The van der Waals surface area contributed by atoms with Gasteiger partial charge < -0.3 is 5.11 Å². The molecular weight excluding hydrogens is 246 g/mol. The van der Waals surface area contributed by atoms with Crippen molar-refractivity contribution in [3.63, 3.8) is 0 Å². The maximum Gasteiger partial charge on any atom is 0.0911 e. The maximum atomic E-state index is 10.9. The van der Waals surface area contributed by atoms with E-state index in [1.807, 2.05) is 25.3 Å². The van der Waals surface area contributed by atoms with E-state index in [4.69, 9.17) is 0 Å². The van der Waals surface area contributed by atoms with Crippen LogP contribution in [0.5, 0.6) is 0 Å². The molecule has 1 saturated carbocycles. The highest BCUT2D eigenvalue weighted by atomic mass is 16.3. The van der Waals surface area contributed by atoms with Crippen LogP contribution in [0.3, 0.4) is 0 Å². The minimum Gasteiger partial charge on any atom is -0.385 e. The van der Waals surface area contributed by atoms with Crippen LogP contribution < -0.4 is 0 Å². The largest absolute Gasteiger partial charge is 0.385 e. The molecule has 0 atom stereocenters. The Morgan fingerprint density at radius 1 is 1.05 bits per heavy atom. The third-order valence-corrected chi connectivity index (χ3v) is 4.53. The molecule has 2 aromatic rings. The second kappa shape index (κ2) is 5.37. The van der Waals surface area contributed by atoms with Crippen molar-refractivity contribution in [3.8, 4) is 0 Å². The summed E-state index contributed by atoms with van der Waals surface area (Å²) in [6, 6.07) is 14.6. The molecule has 1 aliphatic carbocycles. The number of aryl methyl sites for hydroxylation is 1. The van der Waals surface area contributed by atoms with Crippen molar-refractivity contribution in [2.75, 3.05) is 0 Å². The Morgan fingerprint density at radius 2 is 1.75 bits per heavy atom. The molecule has 2 nitrogen and oxygen atoms in total. The number of hydrogen-bond acceptors (Lipinski definition) is 2. The molecule has 0 spiro atoms. The van der Waals surface area contributed by atoms with Crippen LogP contribution in [-0.2, 0) is 5.60 Å². The predicted octanol–water partition coefficient (Wildman–Crippen LogP) is 3.94. The highest BCUT2D eigenvalue weighted by Gasteiger charge is 2.35. The fourth-order valence-electron chi connectivity index (χ4n) is 3.19. The quantitative estimate of drug-likeness (QED) is 0.894. The molecule has 0 bridgehead atoms. The molecule has 3 rings (SSSR count). The number of nitrogens with zero attached hydrogens (tertiary/aromatic N) is 1. The highest BCUT2D eigenvalue weighted by molar-refractivity contribution is 5.24. The lowest BCUT2D eigenvalue weighted by molar-refractivity contribution is -0.00596. The molecule has 0 aliphatic heterocycles. The second-order valence-corrected chi connectivity index (χ2v) is 5.90. The molecule has 1 aromatic heterocycles. The van der Waals surface area contributed by atoms with Crippen LogP contribution >= 0.6 is 0 Å². The summed E-state index contributed by atoms with van der Waals surface area (Å²) in [5, 5.41) is 10.9. The predicted molar refractivity (Wildman–Crippen MR) is 80.5 cm³/mol. The number of aromatic nitrogens is 1. The summed E-state index contributed by atoms with van der Waals surface area (Å²) >= 11 is 0. The second-order valence-electron chi connectivity index (χ2n) is 5.90. The van der Waals surface area contributed by atoms with Crippen LogP contribution in [0.1, 0.15) is 48.4 Å². The first-order chi connectivity index (χ1) is 9.67. The van der Waals surface area contributed by atoms with Crippen LogP contribution in [-0.4, -0.2) is 10.1 Å². The van der Waals surface area contributed by atoms with Crippen molar-refractivity contribution < 1.29 is 5.11 Å². The molecule has 20 heavy (non-hydrogen) atoms. The molecule has 104 valence electrons. The van der Waals surface area contributed by atoms with Crippen LogP contribution in [0, 0.1) is 6.92 Å². The number of hydrogen-bond donors (Lipinski definition) is 1. The smallest absolute Gasteiger partial charge is 0.0911 e. The van der Waals surface area contributed by atoms with Gasteiger partial charge in [0.1, 0.15) is 0 Å². The van der Waals surface area contributed by atoms with Crippen molar-refractivity contribution >= 4 is 0 Å². The van der Waals surface area contributed by atoms with Gasteiger partial charge in [-0.1, -0.05) is 36.4 Å². The van der Waals surface area contributed by atoms with Gasteiger partial charge in [-0.15, -0.1) is 0 Å². The van der Waals surface area contributed by atoms with E-state index in [1.165, 1.54) is 5.56 Å². The lowest BCUT2D eigenvalue weighted by Crippen LogP contribution is -2.31. The van der Waals surface area contributed by atoms with Crippen LogP contribution in [0.15, 0.2) is 48.7 Å². The Kier molecular flexibility index (Phi) is 3.58. The van der Waals surface area contributed by atoms with Crippen molar-refractivity contribution in [3.05, 3.63) is 65.5 Å². The molecule has 0 radical (unpaired) electrons. The molecule has 2 heteroatoms. The van der Waals surface area contributed by atoms with Gasteiger partial charge >= 0.3 is 0 Å². The average molecular weight is 267 g/mol. The molecule has 1 aliphatic rings. The molecule has 1 heterocycles. The van der Waals surface area contributed by atoms with Gasteiger partial charge in [0.25, 0.3) is 0 Å². The Labute approximate surface area is 120 Å². The van der Waals surface area contributed by atoms with E-state index in [1.54, 1.807) is 0 Å². The standard InChI is InChI=1S/C18H21NO/c1-14-7-8-17(13-19-14)18(20)11-9-16(10-12-18)15-5-3-2-4-6-15/h2-8,13,16,20H,9-12H2,1H3. The summed E-state index contributed by atoms with van der Waals surface area (Å²) < 4.78 is 0. The molecule has 0 unspecified atom stereocenters. The molecule has 0 amide bonds. The Morgan fingerprint density at radius 3 is 2.35 bits per heavy atom. The average Bonchev–Trinajstić information content (AvgIpc) is 2.49. The highest BCUT2D eigenvalue weighted by Crippen LogP contribution is 2.42. The SMILES string of the molecule is Cc1ccc(C2(O)CCC(c3ccccc3)CC2)cn1. The van der Waals surface area contributed by atoms with Gasteiger partial charge in [0, 0.05) is 17.5 Å². The van der Waals surface area contributed by atoms with E-state index >= 15 is 0 Å². The van der Waals surface area contributed by atoms with Gasteiger partial charge in [-0.3, -0.25) is 4.98 Å². The third-order valence-electron chi connectivity index (χ3n) is 4.53. The molecule has 0 saturated heterocycles. The normalized spacial score (nSPS) is 26.4. The van der Waals surface area contributed by atoms with Crippen LogP contribution in [0.4, 0.5) is 0 Å². The Balaban J connectivity index is 1.73. The minimum atomic E-state index is -0.689. The number of aliphatic hydroxyl groups is 1. The molecule has 1 aromatic carbocycles. The van der Waals surface area contributed by atoms with E-state index in [9.17, 15) is 5.11 Å². The molecular formula is C18H21NO. The topological polar surface area (TPSA) is 33.1 Å².